The Hall–Kier alpha value is -3.36. The summed E-state index contributed by atoms with van der Waals surface area (Å²) in [6.07, 6.45) is -0.340. The van der Waals surface area contributed by atoms with Crippen LogP contribution in [0.4, 0.5) is 0 Å². The lowest BCUT2D eigenvalue weighted by molar-refractivity contribution is -0.137. The van der Waals surface area contributed by atoms with Gasteiger partial charge in [0.2, 0.25) is 0 Å². The van der Waals surface area contributed by atoms with E-state index in [1.54, 1.807) is 18.2 Å². The van der Waals surface area contributed by atoms with Gasteiger partial charge in [-0.15, -0.1) is 0 Å². The Labute approximate surface area is 149 Å². The monoisotopic (exact) mass is 361 g/mol. The highest BCUT2D eigenvalue weighted by Crippen LogP contribution is 2.31. The number of hydrogen-bond donors (Lipinski definition) is 2. The molecule has 26 heavy (non-hydrogen) atoms. The zero-order valence-electron chi connectivity index (χ0n) is 14.6. The maximum absolute atomic E-state index is 12.4. The second kappa shape index (κ2) is 8.15. The van der Waals surface area contributed by atoms with Crippen LogP contribution < -0.4 is 20.3 Å². The molecule has 0 fully saturated rings. The number of rotatable bonds is 7. The molecule has 2 aromatic rings. The summed E-state index contributed by atoms with van der Waals surface area (Å²) in [6.45, 7) is 0. The smallest absolute Gasteiger partial charge is 0.305 e. The lowest BCUT2D eigenvalue weighted by Gasteiger charge is -2.19. The molecule has 9 heteroatoms. The van der Waals surface area contributed by atoms with Crippen LogP contribution in [-0.2, 0) is 11.8 Å². The van der Waals surface area contributed by atoms with Crippen molar-refractivity contribution in [1.82, 2.24) is 15.1 Å². The van der Waals surface area contributed by atoms with Gasteiger partial charge in [0.25, 0.3) is 11.5 Å². The van der Waals surface area contributed by atoms with Crippen LogP contribution >= 0.6 is 0 Å². The van der Waals surface area contributed by atoms with E-state index in [-0.39, 0.29) is 17.7 Å². The van der Waals surface area contributed by atoms with Crippen LogP contribution in [0.1, 0.15) is 28.5 Å². The number of aryl methyl sites for hydroxylation is 1. The minimum Gasteiger partial charge on any atom is -0.493 e. The van der Waals surface area contributed by atoms with Gasteiger partial charge in [0.1, 0.15) is 5.69 Å². The van der Waals surface area contributed by atoms with Crippen molar-refractivity contribution in [1.29, 1.82) is 0 Å². The summed E-state index contributed by atoms with van der Waals surface area (Å²) in [5.41, 5.74) is 0.176. The van der Waals surface area contributed by atoms with Crippen molar-refractivity contribution < 1.29 is 24.2 Å². The van der Waals surface area contributed by atoms with E-state index in [1.165, 1.54) is 33.4 Å². The Balaban J connectivity index is 2.32. The largest absolute Gasteiger partial charge is 0.493 e. The van der Waals surface area contributed by atoms with Crippen molar-refractivity contribution >= 4 is 11.9 Å². The molecule has 2 N–H and O–H groups in total. The van der Waals surface area contributed by atoms with E-state index in [4.69, 9.17) is 14.6 Å². The van der Waals surface area contributed by atoms with E-state index in [1.807, 2.05) is 0 Å². The van der Waals surface area contributed by atoms with Gasteiger partial charge in [0, 0.05) is 13.1 Å². The lowest BCUT2D eigenvalue weighted by atomic mass is 10.0. The third-order valence-corrected chi connectivity index (χ3v) is 3.69. The molecule has 1 atom stereocenters. The summed E-state index contributed by atoms with van der Waals surface area (Å²) in [6, 6.07) is 6.54. The summed E-state index contributed by atoms with van der Waals surface area (Å²) in [7, 11) is 4.36. The molecule has 1 aromatic heterocycles. The van der Waals surface area contributed by atoms with Crippen molar-refractivity contribution in [2.45, 2.75) is 12.5 Å². The normalized spacial score (nSPS) is 11.5. The maximum Gasteiger partial charge on any atom is 0.305 e. The van der Waals surface area contributed by atoms with Gasteiger partial charge in [-0.3, -0.25) is 14.4 Å². The number of ether oxygens (including phenoxy) is 2. The van der Waals surface area contributed by atoms with Crippen molar-refractivity contribution in [2.24, 2.45) is 7.05 Å². The molecule has 138 valence electrons. The molecule has 1 amide bonds. The molecule has 0 radical (unpaired) electrons. The number of amides is 1. The highest BCUT2D eigenvalue weighted by atomic mass is 16.5. The fourth-order valence-electron chi connectivity index (χ4n) is 2.35. The van der Waals surface area contributed by atoms with Crippen LogP contribution in [0, 0.1) is 0 Å². The number of benzene rings is 1. The average molecular weight is 361 g/mol. The van der Waals surface area contributed by atoms with Gasteiger partial charge in [0.15, 0.2) is 11.5 Å². The van der Waals surface area contributed by atoms with Crippen LogP contribution in [0.5, 0.6) is 11.5 Å². The van der Waals surface area contributed by atoms with E-state index >= 15 is 0 Å². The molecule has 2 rings (SSSR count). The van der Waals surface area contributed by atoms with Crippen LogP contribution in [0.25, 0.3) is 0 Å². The Morgan fingerprint density at radius 2 is 1.88 bits per heavy atom. The molecule has 1 unspecified atom stereocenters. The number of carbonyl (C=O) groups excluding carboxylic acids is 1. The Bertz CT molecular complexity index is 877. The zero-order chi connectivity index (χ0) is 19.3. The van der Waals surface area contributed by atoms with Gasteiger partial charge in [-0.25, -0.2) is 4.68 Å². The number of carboxylic acid groups (broad SMARTS) is 1. The number of methoxy groups -OCH3 is 2. The summed E-state index contributed by atoms with van der Waals surface area (Å²) in [4.78, 5) is 35.0. The van der Waals surface area contributed by atoms with E-state index in [9.17, 15) is 14.4 Å². The van der Waals surface area contributed by atoms with Crippen molar-refractivity contribution in [3.05, 3.63) is 51.9 Å². The topological polar surface area (TPSA) is 120 Å². The zero-order valence-corrected chi connectivity index (χ0v) is 14.6. The van der Waals surface area contributed by atoms with Crippen LogP contribution in [-0.4, -0.2) is 41.0 Å². The molecule has 0 aliphatic carbocycles. The number of aromatic nitrogens is 2. The number of nitrogens with one attached hydrogen (secondary N) is 1. The Kier molecular flexibility index (Phi) is 5.94. The van der Waals surface area contributed by atoms with Gasteiger partial charge in [-0.1, -0.05) is 6.07 Å². The Morgan fingerprint density at radius 3 is 2.46 bits per heavy atom. The minimum atomic E-state index is -1.08. The van der Waals surface area contributed by atoms with Crippen LogP contribution in [0.2, 0.25) is 0 Å². The van der Waals surface area contributed by atoms with E-state index < -0.39 is 17.9 Å². The summed E-state index contributed by atoms with van der Waals surface area (Å²) < 4.78 is 11.4. The first-order valence-electron chi connectivity index (χ1n) is 7.64. The van der Waals surface area contributed by atoms with Crippen molar-refractivity contribution in [2.75, 3.05) is 14.2 Å². The number of nitrogens with zero attached hydrogens (tertiary/aromatic N) is 2. The predicted molar refractivity (Wildman–Crippen MR) is 91.5 cm³/mol. The summed E-state index contributed by atoms with van der Waals surface area (Å²) >= 11 is 0. The summed E-state index contributed by atoms with van der Waals surface area (Å²) in [5.74, 6) is -0.786. The van der Waals surface area contributed by atoms with E-state index in [0.717, 1.165) is 4.68 Å². The van der Waals surface area contributed by atoms with Crippen LogP contribution in [0.3, 0.4) is 0 Å². The second-order valence-electron chi connectivity index (χ2n) is 5.42. The molecule has 0 aliphatic rings. The first-order valence-corrected chi connectivity index (χ1v) is 7.64. The molecule has 1 aromatic carbocycles. The average Bonchev–Trinajstić information content (AvgIpc) is 2.62. The first kappa shape index (κ1) is 19.0. The SMILES string of the molecule is COc1ccc(C(CC(=O)O)NC(=O)c2ccc(=O)n(C)n2)cc1OC. The summed E-state index contributed by atoms with van der Waals surface area (Å²) in [5, 5.41) is 15.7. The third-order valence-electron chi connectivity index (χ3n) is 3.69. The van der Waals surface area contributed by atoms with Crippen molar-refractivity contribution in [3.8, 4) is 11.5 Å². The minimum absolute atomic E-state index is 0.00275. The van der Waals surface area contributed by atoms with Gasteiger partial charge in [-0.2, -0.15) is 5.10 Å². The lowest BCUT2D eigenvalue weighted by Crippen LogP contribution is -2.32. The molecular formula is C17H19N3O6. The highest BCUT2D eigenvalue weighted by Gasteiger charge is 2.21. The molecule has 0 aliphatic heterocycles. The van der Waals surface area contributed by atoms with Gasteiger partial charge >= 0.3 is 5.97 Å². The fourth-order valence-corrected chi connectivity index (χ4v) is 2.35. The maximum atomic E-state index is 12.4. The highest BCUT2D eigenvalue weighted by molar-refractivity contribution is 5.92. The van der Waals surface area contributed by atoms with Gasteiger partial charge in [0.05, 0.1) is 26.7 Å². The molecule has 0 bridgehead atoms. The van der Waals surface area contributed by atoms with Gasteiger partial charge in [-0.05, 0) is 23.8 Å². The Morgan fingerprint density at radius 1 is 1.19 bits per heavy atom. The standard InChI is InChI=1S/C17H19N3O6/c1-20-15(21)7-5-11(19-20)17(24)18-12(9-16(22)23)10-4-6-13(25-2)14(8-10)26-3/h4-8,12H,9H2,1-3H3,(H,18,24)(H,22,23). The molecule has 0 spiro atoms. The van der Waals surface area contributed by atoms with E-state index in [0.29, 0.717) is 17.1 Å². The molecule has 9 nitrogen and oxygen atoms in total. The van der Waals surface area contributed by atoms with E-state index in [2.05, 4.69) is 10.4 Å². The van der Waals surface area contributed by atoms with Crippen molar-refractivity contribution in [3.63, 3.8) is 0 Å². The number of carboxylic acids is 1. The molecule has 0 saturated heterocycles. The number of carbonyl (C=O) groups is 2. The number of aliphatic carboxylic acids is 1. The fraction of sp³-hybridized carbons (Fsp3) is 0.294. The van der Waals surface area contributed by atoms with Gasteiger partial charge < -0.3 is 19.9 Å². The first-order chi connectivity index (χ1) is 12.3. The second-order valence-corrected chi connectivity index (χ2v) is 5.42. The third kappa shape index (κ3) is 4.38. The quantitative estimate of drug-likeness (QED) is 0.746. The predicted octanol–water partition coefficient (Wildman–Crippen LogP) is 0.743. The molecular weight excluding hydrogens is 342 g/mol. The molecule has 1 heterocycles. The number of hydrogen-bond acceptors (Lipinski definition) is 6. The van der Waals surface area contributed by atoms with Crippen LogP contribution in [0.15, 0.2) is 35.1 Å². The molecule has 0 saturated carbocycles.